The number of nitrogens with two attached hydrogens (primary N) is 1. The molecule has 0 heterocycles. The van der Waals surface area contributed by atoms with Crippen LogP contribution in [0.3, 0.4) is 0 Å². The largest absolute Gasteiger partial charge is 0.383 e. The monoisotopic (exact) mass is 421 g/mol. The molecule has 0 radical (unpaired) electrons. The average Bonchev–Trinajstić information content (AvgIpc) is 2.47. The highest BCUT2D eigenvalue weighted by Gasteiger charge is 2.00. The standard InChI is InChI=1S/C16H27N3O2.HI/c1-14(13-20-2)19-16(17)18-10-6-11-21-12-9-15-7-4-3-5-8-15;/h3-5,7-8,14H,6,9-13H2,1-2H3,(H3,17,18,19);1H. The van der Waals surface area contributed by atoms with Crippen LogP contribution in [0.2, 0.25) is 0 Å². The zero-order valence-electron chi connectivity index (χ0n) is 13.5. The fraction of sp³-hybridized carbons (Fsp3) is 0.562. The van der Waals surface area contributed by atoms with Gasteiger partial charge in [-0.15, -0.1) is 24.0 Å². The second-order valence-corrected chi connectivity index (χ2v) is 4.97. The van der Waals surface area contributed by atoms with E-state index in [0.717, 1.165) is 19.4 Å². The predicted molar refractivity (Wildman–Crippen MR) is 102 cm³/mol. The first-order valence-electron chi connectivity index (χ1n) is 7.39. The molecule has 0 aliphatic heterocycles. The molecule has 0 bridgehead atoms. The minimum atomic E-state index is 0. The summed E-state index contributed by atoms with van der Waals surface area (Å²) in [6.07, 6.45) is 1.82. The second kappa shape index (κ2) is 13.8. The van der Waals surface area contributed by atoms with Gasteiger partial charge in [0.15, 0.2) is 5.96 Å². The highest BCUT2D eigenvalue weighted by atomic mass is 127. The second-order valence-electron chi connectivity index (χ2n) is 4.97. The fourth-order valence-corrected chi connectivity index (χ4v) is 1.89. The summed E-state index contributed by atoms with van der Waals surface area (Å²) in [5.74, 6) is 0.462. The summed E-state index contributed by atoms with van der Waals surface area (Å²) < 4.78 is 10.6. The van der Waals surface area contributed by atoms with E-state index in [1.807, 2.05) is 25.1 Å². The van der Waals surface area contributed by atoms with Crippen molar-refractivity contribution in [2.24, 2.45) is 10.7 Å². The van der Waals surface area contributed by atoms with Gasteiger partial charge in [0, 0.05) is 26.3 Å². The Hall–Kier alpha value is -0.860. The Morgan fingerprint density at radius 1 is 1.27 bits per heavy atom. The van der Waals surface area contributed by atoms with Gasteiger partial charge < -0.3 is 20.5 Å². The molecule has 5 nitrogen and oxygen atoms in total. The van der Waals surface area contributed by atoms with E-state index in [0.29, 0.717) is 25.7 Å². The SMILES string of the molecule is COCC(C)NC(N)=NCCCOCCc1ccccc1.I. The van der Waals surface area contributed by atoms with E-state index in [-0.39, 0.29) is 30.0 Å². The highest BCUT2D eigenvalue weighted by Crippen LogP contribution is 1.99. The number of hydrogen-bond donors (Lipinski definition) is 2. The summed E-state index contributed by atoms with van der Waals surface area (Å²) in [4.78, 5) is 4.25. The van der Waals surface area contributed by atoms with Crippen molar-refractivity contribution in [3.63, 3.8) is 0 Å². The van der Waals surface area contributed by atoms with Crippen LogP contribution in [-0.4, -0.2) is 45.5 Å². The smallest absolute Gasteiger partial charge is 0.188 e. The Balaban J connectivity index is 0.00000441. The lowest BCUT2D eigenvalue weighted by atomic mass is 10.2. The minimum absolute atomic E-state index is 0. The van der Waals surface area contributed by atoms with Gasteiger partial charge >= 0.3 is 0 Å². The molecule has 1 rings (SSSR count). The van der Waals surface area contributed by atoms with Gasteiger partial charge in [0.05, 0.1) is 13.2 Å². The molecule has 0 aromatic heterocycles. The lowest BCUT2D eigenvalue weighted by Crippen LogP contribution is -2.40. The number of guanidine groups is 1. The van der Waals surface area contributed by atoms with Crippen molar-refractivity contribution in [1.29, 1.82) is 0 Å². The van der Waals surface area contributed by atoms with Gasteiger partial charge in [0.1, 0.15) is 0 Å². The summed E-state index contributed by atoms with van der Waals surface area (Å²) in [5, 5.41) is 3.07. The number of benzene rings is 1. The normalized spacial score (nSPS) is 12.5. The van der Waals surface area contributed by atoms with E-state index >= 15 is 0 Å². The van der Waals surface area contributed by atoms with Gasteiger partial charge in [-0.25, -0.2) is 0 Å². The van der Waals surface area contributed by atoms with Gasteiger partial charge in [0.25, 0.3) is 0 Å². The molecule has 0 saturated heterocycles. The van der Waals surface area contributed by atoms with E-state index in [1.165, 1.54) is 5.56 Å². The molecule has 0 fully saturated rings. The molecule has 0 aliphatic carbocycles. The molecular formula is C16H28IN3O2. The molecule has 0 amide bonds. The zero-order valence-corrected chi connectivity index (χ0v) is 15.8. The van der Waals surface area contributed by atoms with Crippen LogP contribution in [0.15, 0.2) is 35.3 Å². The maximum absolute atomic E-state index is 5.76. The Bertz CT molecular complexity index is 402. The maximum Gasteiger partial charge on any atom is 0.188 e. The Labute approximate surface area is 150 Å². The van der Waals surface area contributed by atoms with Crippen molar-refractivity contribution in [2.45, 2.75) is 25.8 Å². The van der Waals surface area contributed by atoms with Gasteiger partial charge in [-0.2, -0.15) is 0 Å². The number of nitrogens with one attached hydrogen (secondary N) is 1. The molecule has 1 atom stereocenters. The van der Waals surface area contributed by atoms with Crippen LogP contribution in [0, 0.1) is 0 Å². The van der Waals surface area contributed by atoms with E-state index < -0.39 is 0 Å². The van der Waals surface area contributed by atoms with Crippen LogP contribution in [-0.2, 0) is 15.9 Å². The number of aliphatic imine (C=N–C) groups is 1. The zero-order chi connectivity index (χ0) is 15.3. The number of halogens is 1. The van der Waals surface area contributed by atoms with Crippen molar-refractivity contribution in [1.82, 2.24) is 5.32 Å². The van der Waals surface area contributed by atoms with Gasteiger partial charge in [0.2, 0.25) is 0 Å². The summed E-state index contributed by atoms with van der Waals surface area (Å²) in [5.41, 5.74) is 7.07. The molecule has 0 saturated carbocycles. The molecule has 0 aliphatic rings. The van der Waals surface area contributed by atoms with Crippen LogP contribution in [0.4, 0.5) is 0 Å². The van der Waals surface area contributed by atoms with Crippen molar-refractivity contribution in [2.75, 3.05) is 33.5 Å². The van der Waals surface area contributed by atoms with Crippen LogP contribution in [0.25, 0.3) is 0 Å². The van der Waals surface area contributed by atoms with Crippen LogP contribution >= 0.6 is 24.0 Å². The van der Waals surface area contributed by atoms with Crippen molar-refractivity contribution in [3.8, 4) is 0 Å². The third-order valence-corrected chi connectivity index (χ3v) is 2.92. The maximum atomic E-state index is 5.76. The third kappa shape index (κ3) is 10.8. The van der Waals surface area contributed by atoms with E-state index in [2.05, 4.69) is 22.4 Å². The lowest BCUT2D eigenvalue weighted by molar-refractivity contribution is 0.136. The molecule has 6 heteroatoms. The fourth-order valence-electron chi connectivity index (χ4n) is 1.89. The van der Waals surface area contributed by atoms with Crippen LogP contribution in [0.5, 0.6) is 0 Å². The number of methoxy groups -OCH3 is 1. The first-order valence-corrected chi connectivity index (χ1v) is 7.39. The van der Waals surface area contributed by atoms with E-state index in [9.17, 15) is 0 Å². The third-order valence-electron chi connectivity index (χ3n) is 2.92. The highest BCUT2D eigenvalue weighted by molar-refractivity contribution is 14.0. The Morgan fingerprint density at radius 2 is 2.00 bits per heavy atom. The number of hydrogen-bond acceptors (Lipinski definition) is 3. The molecular weight excluding hydrogens is 393 g/mol. The average molecular weight is 421 g/mol. The quantitative estimate of drug-likeness (QED) is 0.263. The summed E-state index contributed by atoms with van der Waals surface area (Å²) in [6.45, 7) is 4.73. The molecule has 126 valence electrons. The Kier molecular flexibility index (Phi) is 13.2. The number of ether oxygens (including phenoxy) is 2. The number of rotatable bonds is 10. The Morgan fingerprint density at radius 3 is 2.68 bits per heavy atom. The van der Waals surface area contributed by atoms with Crippen molar-refractivity contribution >= 4 is 29.9 Å². The summed E-state index contributed by atoms with van der Waals surface area (Å²) in [7, 11) is 1.66. The topological polar surface area (TPSA) is 68.9 Å². The van der Waals surface area contributed by atoms with Crippen molar-refractivity contribution in [3.05, 3.63) is 35.9 Å². The first kappa shape index (κ1) is 21.1. The van der Waals surface area contributed by atoms with E-state index in [4.69, 9.17) is 15.2 Å². The van der Waals surface area contributed by atoms with Gasteiger partial charge in [-0.3, -0.25) is 4.99 Å². The lowest BCUT2D eigenvalue weighted by Gasteiger charge is -2.12. The summed E-state index contributed by atoms with van der Waals surface area (Å²) >= 11 is 0. The first-order chi connectivity index (χ1) is 10.2. The molecule has 0 spiro atoms. The summed E-state index contributed by atoms with van der Waals surface area (Å²) in [6, 6.07) is 10.5. The van der Waals surface area contributed by atoms with Crippen LogP contribution < -0.4 is 11.1 Å². The predicted octanol–water partition coefficient (Wildman–Crippen LogP) is 2.19. The number of nitrogens with zero attached hydrogens (tertiary/aromatic N) is 1. The minimum Gasteiger partial charge on any atom is -0.383 e. The molecule has 22 heavy (non-hydrogen) atoms. The molecule has 1 aromatic rings. The van der Waals surface area contributed by atoms with Crippen molar-refractivity contribution < 1.29 is 9.47 Å². The van der Waals surface area contributed by atoms with Gasteiger partial charge in [-0.1, -0.05) is 30.3 Å². The van der Waals surface area contributed by atoms with Gasteiger partial charge in [-0.05, 0) is 25.3 Å². The molecule has 3 N–H and O–H groups in total. The molecule has 1 aromatic carbocycles. The molecule has 1 unspecified atom stereocenters. The van der Waals surface area contributed by atoms with Crippen LogP contribution in [0.1, 0.15) is 18.9 Å². The van der Waals surface area contributed by atoms with E-state index in [1.54, 1.807) is 7.11 Å².